The van der Waals surface area contributed by atoms with Crippen LogP contribution in [-0.4, -0.2) is 8.42 Å². The zero-order valence-electron chi connectivity index (χ0n) is 11.4. The van der Waals surface area contributed by atoms with Gasteiger partial charge in [0.1, 0.15) is 10.7 Å². The van der Waals surface area contributed by atoms with Crippen molar-refractivity contribution in [3.05, 3.63) is 52.3 Å². The predicted octanol–water partition coefficient (Wildman–Crippen LogP) is 3.48. The van der Waals surface area contributed by atoms with Crippen molar-refractivity contribution in [1.29, 1.82) is 0 Å². The van der Waals surface area contributed by atoms with Gasteiger partial charge in [0.05, 0.1) is 5.69 Å². The highest BCUT2D eigenvalue weighted by Crippen LogP contribution is 2.26. The summed E-state index contributed by atoms with van der Waals surface area (Å²) in [6, 6.07) is 6.88. The van der Waals surface area contributed by atoms with Gasteiger partial charge >= 0.3 is 0 Å². The minimum Gasteiger partial charge on any atom is -0.398 e. The van der Waals surface area contributed by atoms with Crippen molar-refractivity contribution in [2.45, 2.75) is 18.7 Å². The first kappa shape index (κ1) is 15.6. The van der Waals surface area contributed by atoms with Crippen LogP contribution in [0.25, 0.3) is 0 Å². The van der Waals surface area contributed by atoms with Gasteiger partial charge in [-0.05, 0) is 55.3 Å². The van der Waals surface area contributed by atoms with Gasteiger partial charge < -0.3 is 5.73 Å². The Bertz CT molecular complexity index is 807. The number of benzene rings is 2. The molecule has 0 aromatic heterocycles. The van der Waals surface area contributed by atoms with Crippen LogP contribution in [0.1, 0.15) is 11.1 Å². The third-order valence-corrected chi connectivity index (χ3v) is 4.66. The largest absolute Gasteiger partial charge is 0.398 e. The standard InChI is InChI=1S/C14H14ClFN2O2S/c1-8-6-11(16)14(7-12(8)17)21(19,20)18-13-4-3-10(15)5-9(13)2/h3-7,18H,17H2,1-2H3. The van der Waals surface area contributed by atoms with Gasteiger partial charge in [0.2, 0.25) is 0 Å². The molecule has 4 nitrogen and oxygen atoms in total. The Morgan fingerprint density at radius 2 is 1.81 bits per heavy atom. The summed E-state index contributed by atoms with van der Waals surface area (Å²) in [4.78, 5) is -0.486. The van der Waals surface area contributed by atoms with E-state index in [-0.39, 0.29) is 5.69 Å². The lowest BCUT2D eigenvalue weighted by Crippen LogP contribution is -2.16. The van der Waals surface area contributed by atoms with E-state index in [9.17, 15) is 12.8 Å². The van der Waals surface area contributed by atoms with Crippen LogP contribution >= 0.6 is 11.6 Å². The third kappa shape index (κ3) is 3.28. The van der Waals surface area contributed by atoms with Crippen molar-refractivity contribution in [3.8, 4) is 0 Å². The Balaban J connectivity index is 2.46. The molecule has 0 bridgehead atoms. The van der Waals surface area contributed by atoms with E-state index in [1.165, 1.54) is 6.07 Å². The van der Waals surface area contributed by atoms with Crippen LogP contribution in [0, 0.1) is 19.7 Å². The number of anilines is 2. The molecule has 0 unspecified atom stereocenters. The number of rotatable bonds is 3. The number of aryl methyl sites for hydroxylation is 2. The fraction of sp³-hybridized carbons (Fsp3) is 0.143. The molecule has 2 rings (SSSR count). The van der Waals surface area contributed by atoms with Crippen molar-refractivity contribution in [3.63, 3.8) is 0 Å². The molecule has 0 saturated heterocycles. The summed E-state index contributed by atoms with van der Waals surface area (Å²) in [5.74, 6) is -0.846. The van der Waals surface area contributed by atoms with E-state index in [0.717, 1.165) is 12.1 Å². The van der Waals surface area contributed by atoms with Crippen LogP contribution in [0.15, 0.2) is 35.2 Å². The highest BCUT2D eigenvalue weighted by atomic mass is 35.5. The molecule has 112 valence electrons. The normalized spacial score (nSPS) is 11.4. The first-order valence-electron chi connectivity index (χ1n) is 6.05. The second-order valence-electron chi connectivity index (χ2n) is 4.70. The van der Waals surface area contributed by atoms with Crippen molar-refractivity contribution in [2.24, 2.45) is 0 Å². The zero-order valence-corrected chi connectivity index (χ0v) is 13.0. The molecule has 0 heterocycles. The lowest BCUT2D eigenvalue weighted by molar-refractivity contribution is 0.570. The summed E-state index contributed by atoms with van der Waals surface area (Å²) in [7, 11) is -4.07. The molecule has 0 atom stereocenters. The molecule has 0 spiro atoms. The third-order valence-electron chi connectivity index (χ3n) is 3.04. The average molecular weight is 329 g/mol. The number of nitrogens with two attached hydrogens (primary N) is 1. The van der Waals surface area contributed by atoms with Crippen molar-refractivity contribution >= 4 is 33.0 Å². The van der Waals surface area contributed by atoms with Gasteiger partial charge in [0.25, 0.3) is 10.0 Å². The molecule has 0 saturated carbocycles. The van der Waals surface area contributed by atoms with Crippen LogP contribution in [0.5, 0.6) is 0 Å². The first-order chi connectivity index (χ1) is 9.70. The maximum absolute atomic E-state index is 13.9. The lowest BCUT2D eigenvalue weighted by atomic mass is 10.2. The van der Waals surface area contributed by atoms with E-state index in [4.69, 9.17) is 17.3 Å². The quantitative estimate of drug-likeness (QED) is 0.847. The summed E-state index contributed by atoms with van der Waals surface area (Å²) < 4.78 is 40.8. The predicted molar refractivity (Wildman–Crippen MR) is 82.5 cm³/mol. The topological polar surface area (TPSA) is 72.2 Å². The van der Waals surface area contributed by atoms with E-state index in [0.29, 0.717) is 21.8 Å². The average Bonchev–Trinajstić information content (AvgIpc) is 2.37. The van der Waals surface area contributed by atoms with E-state index >= 15 is 0 Å². The fourth-order valence-corrected chi connectivity index (χ4v) is 3.27. The Morgan fingerprint density at radius 3 is 2.43 bits per heavy atom. The molecular weight excluding hydrogens is 315 g/mol. The smallest absolute Gasteiger partial charge is 0.264 e. The summed E-state index contributed by atoms with van der Waals surface area (Å²) in [5.41, 5.74) is 7.31. The number of hydrogen-bond acceptors (Lipinski definition) is 3. The molecular formula is C14H14ClFN2O2S. The summed E-state index contributed by atoms with van der Waals surface area (Å²) in [5, 5.41) is 0.487. The Kier molecular flexibility index (Phi) is 4.11. The van der Waals surface area contributed by atoms with Crippen molar-refractivity contribution < 1.29 is 12.8 Å². The lowest BCUT2D eigenvalue weighted by Gasteiger charge is -2.12. The van der Waals surface area contributed by atoms with Crippen LogP contribution < -0.4 is 10.5 Å². The molecule has 0 aliphatic rings. The number of nitrogens with one attached hydrogen (secondary N) is 1. The van der Waals surface area contributed by atoms with Crippen LogP contribution in [0.3, 0.4) is 0 Å². The number of halogens is 2. The van der Waals surface area contributed by atoms with Crippen molar-refractivity contribution in [1.82, 2.24) is 0 Å². The minimum absolute atomic E-state index is 0.213. The first-order valence-corrected chi connectivity index (χ1v) is 7.91. The molecule has 2 aromatic carbocycles. The number of hydrogen-bond donors (Lipinski definition) is 2. The molecule has 0 amide bonds. The highest BCUT2D eigenvalue weighted by molar-refractivity contribution is 7.92. The maximum Gasteiger partial charge on any atom is 0.264 e. The maximum atomic E-state index is 13.9. The molecule has 7 heteroatoms. The molecule has 21 heavy (non-hydrogen) atoms. The van der Waals surface area contributed by atoms with Crippen LogP contribution in [0.4, 0.5) is 15.8 Å². The Morgan fingerprint density at radius 1 is 1.14 bits per heavy atom. The van der Waals surface area contributed by atoms with Gasteiger partial charge in [-0.2, -0.15) is 0 Å². The van der Waals surface area contributed by atoms with Crippen LogP contribution in [-0.2, 0) is 10.0 Å². The van der Waals surface area contributed by atoms with Crippen LogP contribution in [0.2, 0.25) is 5.02 Å². The zero-order chi connectivity index (χ0) is 15.8. The molecule has 2 aromatic rings. The summed E-state index contributed by atoms with van der Waals surface area (Å²) >= 11 is 5.81. The van der Waals surface area contributed by atoms with E-state index in [2.05, 4.69) is 4.72 Å². The van der Waals surface area contributed by atoms with Crippen molar-refractivity contribution in [2.75, 3.05) is 10.5 Å². The second kappa shape index (κ2) is 5.54. The monoisotopic (exact) mass is 328 g/mol. The molecule has 0 fully saturated rings. The molecule has 0 aliphatic heterocycles. The van der Waals surface area contributed by atoms with Gasteiger partial charge in [-0.1, -0.05) is 11.6 Å². The van der Waals surface area contributed by atoms with E-state index < -0.39 is 20.7 Å². The molecule has 0 radical (unpaired) electrons. The summed E-state index contributed by atoms with van der Waals surface area (Å²) in [6.45, 7) is 3.30. The highest BCUT2D eigenvalue weighted by Gasteiger charge is 2.21. The van der Waals surface area contributed by atoms with Gasteiger partial charge in [0, 0.05) is 10.7 Å². The second-order valence-corrected chi connectivity index (χ2v) is 6.79. The SMILES string of the molecule is Cc1cc(F)c(S(=O)(=O)Nc2ccc(Cl)cc2C)cc1N. The van der Waals surface area contributed by atoms with E-state index in [1.54, 1.807) is 26.0 Å². The van der Waals surface area contributed by atoms with E-state index in [1.807, 2.05) is 0 Å². The molecule has 0 aliphatic carbocycles. The molecule has 3 N–H and O–H groups in total. The van der Waals surface area contributed by atoms with Gasteiger partial charge in [-0.3, -0.25) is 4.72 Å². The van der Waals surface area contributed by atoms with Gasteiger partial charge in [-0.25, -0.2) is 12.8 Å². The Labute approximate surface area is 127 Å². The van der Waals surface area contributed by atoms with Gasteiger partial charge in [-0.15, -0.1) is 0 Å². The minimum atomic E-state index is -4.07. The summed E-state index contributed by atoms with van der Waals surface area (Å²) in [6.07, 6.45) is 0. The fourth-order valence-electron chi connectivity index (χ4n) is 1.82. The van der Waals surface area contributed by atoms with Gasteiger partial charge in [0.15, 0.2) is 0 Å². The number of nitrogen functional groups attached to an aromatic ring is 1. The Hall–Kier alpha value is -1.79. The number of sulfonamides is 1.